The molecule has 2 aliphatic heterocycles. The number of benzene rings is 1. The van der Waals surface area contributed by atoms with Crippen molar-refractivity contribution < 1.29 is 0 Å². The van der Waals surface area contributed by atoms with Crippen molar-refractivity contribution in [3.8, 4) is 0 Å². The highest BCUT2D eigenvalue weighted by Crippen LogP contribution is 2.35. The maximum Gasteiger partial charge on any atom is 0.0540 e. The molecule has 14 heavy (non-hydrogen) atoms. The predicted molar refractivity (Wildman–Crippen MR) is 58.0 cm³/mol. The Morgan fingerprint density at radius 1 is 1.21 bits per heavy atom. The van der Waals surface area contributed by atoms with Crippen LogP contribution >= 0.6 is 0 Å². The van der Waals surface area contributed by atoms with Gasteiger partial charge in [-0.1, -0.05) is 30.3 Å². The van der Waals surface area contributed by atoms with Crippen LogP contribution in [0.15, 0.2) is 36.5 Å². The van der Waals surface area contributed by atoms with Crippen LogP contribution in [0.1, 0.15) is 30.0 Å². The molecule has 0 radical (unpaired) electrons. The number of rotatable bonds is 0. The molecule has 2 aliphatic rings. The molecule has 1 saturated heterocycles. The summed E-state index contributed by atoms with van der Waals surface area (Å²) in [6.07, 6.45) is 8.34. The second-order valence-corrected chi connectivity index (χ2v) is 4.18. The lowest BCUT2D eigenvalue weighted by molar-refractivity contribution is 0.360. The summed E-state index contributed by atoms with van der Waals surface area (Å²) in [6.45, 7) is 1.23. The molecule has 3 rings (SSSR count). The summed E-state index contributed by atoms with van der Waals surface area (Å²) < 4.78 is 0. The Morgan fingerprint density at radius 2 is 2.14 bits per heavy atom. The zero-order valence-electron chi connectivity index (χ0n) is 8.32. The number of fused-ring (bicyclic) bond motifs is 3. The van der Waals surface area contributed by atoms with E-state index in [0.717, 1.165) is 6.42 Å². The van der Waals surface area contributed by atoms with Crippen molar-refractivity contribution in [2.24, 2.45) is 0 Å². The third-order valence-corrected chi connectivity index (χ3v) is 3.34. The molecule has 0 spiro atoms. The van der Waals surface area contributed by atoms with Gasteiger partial charge < -0.3 is 4.90 Å². The molecule has 0 aromatic heterocycles. The van der Waals surface area contributed by atoms with Gasteiger partial charge in [-0.25, -0.2) is 0 Å². The van der Waals surface area contributed by atoms with Crippen LogP contribution in [0.3, 0.4) is 0 Å². The third-order valence-electron chi connectivity index (χ3n) is 3.34. The Labute approximate surface area is 85.0 Å². The Balaban J connectivity index is 2.09. The second kappa shape index (κ2) is 3.16. The van der Waals surface area contributed by atoms with Crippen molar-refractivity contribution in [3.63, 3.8) is 0 Å². The van der Waals surface area contributed by atoms with Crippen LogP contribution in [0.5, 0.6) is 0 Å². The van der Waals surface area contributed by atoms with E-state index < -0.39 is 0 Å². The first-order chi connectivity index (χ1) is 6.95. The monoisotopic (exact) mass is 185 g/mol. The van der Waals surface area contributed by atoms with Crippen LogP contribution in [0.2, 0.25) is 0 Å². The van der Waals surface area contributed by atoms with E-state index in [1.165, 1.54) is 24.9 Å². The molecule has 72 valence electrons. The summed E-state index contributed by atoms with van der Waals surface area (Å²) in [5, 5.41) is 0. The molecule has 0 saturated carbocycles. The molecule has 0 N–H and O–H groups in total. The molecular formula is C13H15N. The van der Waals surface area contributed by atoms with Crippen LogP contribution in [0.4, 0.5) is 0 Å². The van der Waals surface area contributed by atoms with Crippen LogP contribution in [0, 0.1) is 0 Å². The Hall–Kier alpha value is -1.24. The SMILES string of the molecule is C1=CN2CCCC2c2ccccc2C1. The first-order valence-electron chi connectivity index (χ1n) is 5.45. The molecule has 1 fully saturated rings. The van der Waals surface area contributed by atoms with Crippen molar-refractivity contribution in [2.75, 3.05) is 6.54 Å². The summed E-state index contributed by atoms with van der Waals surface area (Å²) in [6, 6.07) is 9.54. The molecule has 1 aromatic rings. The van der Waals surface area contributed by atoms with Gasteiger partial charge in [-0.2, -0.15) is 0 Å². The average Bonchev–Trinajstić information content (AvgIpc) is 2.61. The van der Waals surface area contributed by atoms with Gasteiger partial charge in [0.2, 0.25) is 0 Å². The minimum absolute atomic E-state index is 0.657. The summed E-state index contributed by atoms with van der Waals surface area (Å²) in [7, 11) is 0. The summed E-state index contributed by atoms with van der Waals surface area (Å²) in [5.74, 6) is 0. The van der Waals surface area contributed by atoms with Crippen molar-refractivity contribution in [2.45, 2.75) is 25.3 Å². The topological polar surface area (TPSA) is 3.24 Å². The fourth-order valence-electron chi connectivity index (χ4n) is 2.66. The van der Waals surface area contributed by atoms with Gasteiger partial charge in [0.05, 0.1) is 6.04 Å². The molecule has 1 unspecified atom stereocenters. The molecule has 2 heterocycles. The number of hydrogen-bond acceptors (Lipinski definition) is 1. The summed E-state index contributed by atoms with van der Waals surface area (Å²) in [5.41, 5.74) is 3.06. The molecule has 1 heteroatoms. The van der Waals surface area contributed by atoms with Crippen molar-refractivity contribution in [1.82, 2.24) is 4.90 Å². The zero-order chi connectivity index (χ0) is 9.38. The Bertz CT molecular complexity index is 367. The molecule has 1 nitrogen and oxygen atoms in total. The summed E-state index contributed by atoms with van der Waals surface area (Å²) >= 11 is 0. The van der Waals surface area contributed by atoms with E-state index >= 15 is 0 Å². The number of nitrogens with zero attached hydrogens (tertiary/aromatic N) is 1. The first kappa shape index (κ1) is 8.10. The highest BCUT2D eigenvalue weighted by atomic mass is 15.2. The maximum absolute atomic E-state index is 2.49. The van der Waals surface area contributed by atoms with Crippen molar-refractivity contribution in [3.05, 3.63) is 47.7 Å². The maximum atomic E-state index is 2.49. The van der Waals surface area contributed by atoms with Gasteiger partial charge in [0, 0.05) is 6.54 Å². The lowest BCUT2D eigenvalue weighted by atomic mass is 9.98. The van der Waals surface area contributed by atoms with E-state index in [2.05, 4.69) is 41.4 Å². The Morgan fingerprint density at radius 3 is 3.14 bits per heavy atom. The van der Waals surface area contributed by atoms with E-state index in [-0.39, 0.29) is 0 Å². The van der Waals surface area contributed by atoms with Gasteiger partial charge in [-0.15, -0.1) is 0 Å². The van der Waals surface area contributed by atoms with Crippen LogP contribution in [-0.4, -0.2) is 11.4 Å². The van der Waals surface area contributed by atoms with Crippen LogP contribution in [-0.2, 0) is 6.42 Å². The highest BCUT2D eigenvalue weighted by Gasteiger charge is 2.26. The molecule has 0 aliphatic carbocycles. The molecule has 1 aromatic carbocycles. The molecule has 0 amide bonds. The van der Waals surface area contributed by atoms with Gasteiger partial charge in [-0.3, -0.25) is 0 Å². The van der Waals surface area contributed by atoms with Crippen LogP contribution in [0.25, 0.3) is 0 Å². The van der Waals surface area contributed by atoms with Gasteiger partial charge in [0.1, 0.15) is 0 Å². The lowest BCUT2D eigenvalue weighted by Crippen LogP contribution is -2.15. The first-order valence-corrected chi connectivity index (χ1v) is 5.45. The zero-order valence-corrected chi connectivity index (χ0v) is 8.32. The molecule has 1 atom stereocenters. The van der Waals surface area contributed by atoms with Gasteiger partial charge in [0.15, 0.2) is 0 Å². The lowest BCUT2D eigenvalue weighted by Gasteiger charge is -2.22. The van der Waals surface area contributed by atoms with E-state index in [4.69, 9.17) is 0 Å². The number of hydrogen-bond donors (Lipinski definition) is 0. The third kappa shape index (κ3) is 1.16. The van der Waals surface area contributed by atoms with E-state index in [0.29, 0.717) is 6.04 Å². The van der Waals surface area contributed by atoms with E-state index in [1.54, 1.807) is 5.56 Å². The second-order valence-electron chi connectivity index (χ2n) is 4.18. The summed E-state index contributed by atoms with van der Waals surface area (Å²) in [4.78, 5) is 2.49. The molecular weight excluding hydrogens is 170 g/mol. The number of allylic oxidation sites excluding steroid dienone is 1. The normalized spacial score (nSPS) is 24.3. The standard InChI is InChI=1S/C13H15N/c1-2-7-12-11(5-1)6-3-9-14-10-4-8-13(12)14/h1-3,5,7,9,13H,4,6,8,10H2. The minimum Gasteiger partial charge on any atom is -0.371 e. The fraction of sp³-hybridized carbons (Fsp3) is 0.385. The highest BCUT2D eigenvalue weighted by molar-refractivity contribution is 5.34. The van der Waals surface area contributed by atoms with Crippen LogP contribution < -0.4 is 0 Å². The smallest absolute Gasteiger partial charge is 0.0540 e. The quantitative estimate of drug-likeness (QED) is 0.600. The van der Waals surface area contributed by atoms with Gasteiger partial charge in [0.25, 0.3) is 0 Å². The fourth-order valence-corrected chi connectivity index (χ4v) is 2.66. The Kier molecular flexibility index (Phi) is 1.83. The van der Waals surface area contributed by atoms with Crippen molar-refractivity contribution in [1.29, 1.82) is 0 Å². The van der Waals surface area contributed by atoms with E-state index in [9.17, 15) is 0 Å². The van der Waals surface area contributed by atoms with Gasteiger partial charge >= 0.3 is 0 Å². The average molecular weight is 185 g/mol. The predicted octanol–water partition coefficient (Wildman–Crippen LogP) is 2.89. The largest absolute Gasteiger partial charge is 0.371 e. The van der Waals surface area contributed by atoms with E-state index in [1.807, 2.05) is 0 Å². The van der Waals surface area contributed by atoms with Crippen molar-refractivity contribution >= 4 is 0 Å². The molecule has 0 bridgehead atoms. The minimum atomic E-state index is 0.657. The van der Waals surface area contributed by atoms with Gasteiger partial charge in [-0.05, 0) is 36.6 Å².